The first-order valence-corrected chi connectivity index (χ1v) is 10.9. The molecule has 0 fully saturated rings. The third kappa shape index (κ3) is 4.71. The van der Waals surface area contributed by atoms with Crippen LogP contribution in [0.2, 0.25) is 0 Å². The second kappa shape index (κ2) is 9.05. The SMILES string of the molecule is Cc1nn(C)c(C)c1[C@H](C)NC(=O)COc1cc(C(F)(F)F)c2c(-c3ccccc3)nn(C)c2n1. The molecule has 35 heavy (non-hydrogen) atoms. The van der Waals surface area contributed by atoms with E-state index in [1.54, 1.807) is 35.0 Å². The van der Waals surface area contributed by atoms with Gasteiger partial charge in [-0.1, -0.05) is 30.3 Å². The predicted molar refractivity (Wildman–Crippen MR) is 124 cm³/mol. The number of aromatic nitrogens is 5. The first-order valence-electron chi connectivity index (χ1n) is 10.9. The van der Waals surface area contributed by atoms with Crippen molar-refractivity contribution in [3.63, 3.8) is 0 Å². The van der Waals surface area contributed by atoms with E-state index >= 15 is 0 Å². The molecule has 4 aromatic rings. The lowest BCUT2D eigenvalue weighted by Crippen LogP contribution is -2.32. The van der Waals surface area contributed by atoms with E-state index in [9.17, 15) is 18.0 Å². The van der Waals surface area contributed by atoms with Gasteiger partial charge in [0.15, 0.2) is 12.3 Å². The number of nitrogens with zero attached hydrogens (tertiary/aromatic N) is 5. The van der Waals surface area contributed by atoms with Gasteiger partial charge in [-0.25, -0.2) is 4.68 Å². The summed E-state index contributed by atoms with van der Waals surface area (Å²) in [6.45, 7) is 5.05. The molecule has 11 heteroatoms. The lowest BCUT2D eigenvalue weighted by Gasteiger charge is -2.16. The maximum Gasteiger partial charge on any atom is 0.417 e. The van der Waals surface area contributed by atoms with Gasteiger partial charge in [-0.05, 0) is 20.8 Å². The van der Waals surface area contributed by atoms with Gasteiger partial charge < -0.3 is 10.1 Å². The van der Waals surface area contributed by atoms with Crippen molar-refractivity contribution in [2.45, 2.75) is 33.0 Å². The zero-order valence-electron chi connectivity index (χ0n) is 19.9. The van der Waals surface area contributed by atoms with Crippen LogP contribution >= 0.6 is 0 Å². The highest BCUT2D eigenvalue weighted by atomic mass is 19.4. The average Bonchev–Trinajstić information content (AvgIpc) is 3.26. The van der Waals surface area contributed by atoms with Crippen molar-refractivity contribution in [1.82, 2.24) is 29.9 Å². The maximum atomic E-state index is 14.0. The summed E-state index contributed by atoms with van der Waals surface area (Å²) in [5, 5.41) is 11.3. The van der Waals surface area contributed by atoms with Crippen molar-refractivity contribution in [3.05, 3.63) is 58.9 Å². The topological polar surface area (TPSA) is 86.9 Å². The van der Waals surface area contributed by atoms with Crippen molar-refractivity contribution >= 4 is 16.9 Å². The zero-order chi connectivity index (χ0) is 25.5. The van der Waals surface area contributed by atoms with Crippen LogP contribution in [0.15, 0.2) is 36.4 Å². The van der Waals surface area contributed by atoms with Crippen LogP contribution in [0, 0.1) is 13.8 Å². The first kappa shape index (κ1) is 24.2. The van der Waals surface area contributed by atoms with Gasteiger partial charge in [0.2, 0.25) is 5.88 Å². The highest BCUT2D eigenvalue weighted by Gasteiger charge is 2.36. The van der Waals surface area contributed by atoms with E-state index in [-0.39, 0.29) is 28.6 Å². The van der Waals surface area contributed by atoms with Crippen molar-refractivity contribution in [2.24, 2.45) is 14.1 Å². The fraction of sp³-hybridized carbons (Fsp3) is 0.333. The highest BCUT2D eigenvalue weighted by Crippen LogP contribution is 2.40. The van der Waals surface area contributed by atoms with E-state index < -0.39 is 24.3 Å². The minimum Gasteiger partial charge on any atom is -0.467 e. The molecule has 0 aliphatic carbocycles. The lowest BCUT2D eigenvalue weighted by molar-refractivity contribution is -0.136. The van der Waals surface area contributed by atoms with Crippen LogP contribution in [0.4, 0.5) is 13.2 Å². The molecule has 0 spiro atoms. The molecule has 8 nitrogen and oxygen atoms in total. The molecule has 1 amide bonds. The number of benzene rings is 1. The summed E-state index contributed by atoms with van der Waals surface area (Å²) in [6, 6.07) is 9.04. The molecule has 3 heterocycles. The molecule has 4 rings (SSSR count). The molecular formula is C24H25F3N6O2. The van der Waals surface area contributed by atoms with E-state index in [0.717, 1.165) is 23.0 Å². The Morgan fingerprint density at radius 2 is 1.80 bits per heavy atom. The summed E-state index contributed by atoms with van der Waals surface area (Å²) in [5.74, 6) is -0.811. The summed E-state index contributed by atoms with van der Waals surface area (Å²) in [7, 11) is 3.32. The number of carbonyl (C=O) groups is 1. The highest BCUT2D eigenvalue weighted by molar-refractivity contribution is 5.94. The van der Waals surface area contributed by atoms with Crippen LogP contribution in [0.25, 0.3) is 22.3 Å². The Bertz CT molecular complexity index is 1390. The number of halogens is 3. The van der Waals surface area contributed by atoms with Gasteiger partial charge in [-0.2, -0.15) is 28.4 Å². The summed E-state index contributed by atoms with van der Waals surface area (Å²) in [5.41, 5.74) is 2.35. The molecule has 0 bridgehead atoms. The minimum absolute atomic E-state index is 0.00376. The number of carbonyl (C=O) groups excluding carboxylic acids is 1. The normalized spacial score (nSPS) is 12.7. The molecule has 0 radical (unpaired) electrons. The van der Waals surface area contributed by atoms with Gasteiger partial charge in [-0.3, -0.25) is 9.48 Å². The molecule has 0 saturated carbocycles. The molecule has 1 atom stereocenters. The van der Waals surface area contributed by atoms with Crippen LogP contribution in [-0.4, -0.2) is 37.1 Å². The summed E-state index contributed by atoms with van der Waals surface area (Å²) < 4.78 is 50.5. The molecule has 3 aromatic heterocycles. The fourth-order valence-electron chi connectivity index (χ4n) is 4.23. The lowest BCUT2D eigenvalue weighted by atomic mass is 10.0. The fourth-order valence-corrected chi connectivity index (χ4v) is 4.23. The largest absolute Gasteiger partial charge is 0.467 e. The van der Waals surface area contributed by atoms with Crippen molar-refractivity contribution in [1.29, 1.82) is 0 Å². The van der Waals surface area contributed by atoms with Crippen molar-refractivity contribution in [3.8, 4) is 17.1 Å². The third-order valence-electron chi connectivity index (χ3n) is 5.85. The number of rotatable bonds is 6. The maximum absolute atomic E-state index is 14.0. The first-order chi connectivity index (χ1) is 16.5. The Labute approximate surface area is 199 Å². The molecule has 0 saturated heterocycles. The molecule has 0 unspecified atom stereocenters. The van der Waals surface area contributed by atoms with Gasteiger partial charge >= 0.3 is 6.18 Å². The smallest absolute Gasteiger partial charge is 0.417 e. The van der Waals surface area contributed by atoms with Crippen LogP contribution < -0.4 is 10.1 Å². The molecule has 0 aliphatic heterocycles. The molecule has 1 aromatic carbocycles. The monoisotopic (exact) mass is 486 g/mol. The van der Waals surface area contributed by atoms with Crippen LogP contribution in [0.3, 0.4) is 0 Å². The number of pyridine rings is 1. The molecule has 0 aliphatic rings. The molecule has 184 valence electrons. The number of hydrogen-bond donors (Lipinski definition) is 1. The molecular weight excluding hydrogens is 461 g/mol. The Balaban J connectivity index is 1.60. The van der Waals surface area contributed by atoms with Crippen LogP contribution in [0.5, 0.6) is 5.88 Å². The molecule has 1 N–H and O–H groups in total. The number of fused-ring (bicyclic) bond motifs is 1. The number of ether oxygens (including phenoxy) is 1. The quantitative estimate of drug-likeness (QED) is 0.440. The minimum atomic E-state index is -4.68. The van der Waals surface area contributed by atoms with E-state index in [0.29, 0.717) is 5.56 Å². The number of alkyl halides is 3. The summed E-state index contributed by atoms with van der Waals surface area (Å²) in [6.07, 6.45) is -4.68. The Morgan fingerprint density at radius 3 is 2.40 bits per heavy atom. The second-order valence-electron chi connectivity index (χ2n) is 8.33. The van der Waals surface area contributed by atoms with E-state index in [4.69, 9.17) is 4.74 Å². The second-order valence-corrected chi connectivity index (χ2v) is 8.33. The van der Waals surface area contributed by atoms with E-state index in [1.165, 1.54) is 11.7 Å². The standard InChI is InChI=1S/C24H25F3N6O2/c1-13(20-14(2)30-32(4)15(20)3)28-18(34)12-35-19-11-17(24(25,26)27)21-22(16-9-7-6-8-10-16)31-33(5)23(21)29-19/h6-11,13H,12H2,1-5H3,(H,28,34)/t13-/m0/s1. The van der Waals surface area contributed by atoms with Gasteiger partial charge in [0.1, 0.15) is 5.69 Å². The number of aryl methyl sites for hydroxylation is 3. The third-order valence-corrected chi connectivity index (χ3v) is 5.85. The van der Waals surface area contributed by atoms with E-state index in [1.807, 2.05) is 27.8 Å². The predicted octanol–water partition coefficient (Wildman–Crippen LogP) is 4.26. The number of hydrogen-bond acceptors (Lipinski definition) is 5. The van der Waals surface area contributed by atoms with Gasteiger partial charge in [-0.15, -0.1) is 0 Å². The van der Waals surface area contributed by atoms with E-state index in [2.05, 4.69) is 20.5 Å². The average molecular weight is 486 g/mol. The Morgan fingerprint density at radius 1 is 1.11 bits per heavy atom. The summed E-state index contributed by atoms with van der Waals surface area (Å²) in [4.78, 5) is 16.7. The van der Waals surface area contributed by atoms with Gasteiger partial charge in [0.25, 0.3) is 5.91 Å². The van der Waals surface area contributed by atoms with Crippen LogP contribution in [-0.2, 0) is 25.1 Å². The zero-order valence-corrected chi connectivity index (χ0v) is 19.9. The van der Waals surface area contributed by atoms with Crippen LogP contribution in [0.1, 0.15) is 35.5 Å². The number of nitrogens with one attached hydrogen (secondary N) is 1. The summed E-state index contributed by atoms with van der Waals surface area (Å²) >= 11 is 0. The Hall–Kier alpha value is -3.89. The number of amides is 1. The van der Waals surface area contributed by atoms with Crippen molar-refractivity contribution < 1.29 is 22.7 Å². The van der Waals surface area contributed by atoms with Crippen molar-refractivity contribution in [2.75, 3.05) is 6.61 Å². The Kier molecular flexibility index (Phi) is 6.27. The van der Waals surface area contributed by atoms with Gasteiger partial charge in [0, 0.05) is 37.0 Å². The van der Waals surface area contributed by atoms with Gasteiger partial charge in [0.05, 0.1) is 22.7 Å².